The summed E-state index contributed by atoms with van der Waals surface area (Å²) >= 11 is 0. The third-order valence-electron chi connectivity index (χ3n) is 1.91. The summed E-state index contributed by atoms with van der Waals surface area (Å²) in [5.41, 5.74) is -0.133. The van der Waals surface area contributed by atoms with E-state index in [1.165, 1.54) is 0 Å². The van der Waals surface area contributed by atoms with Gasteiger partial charge in [0.1, 0.15) is 17.2 Å². The number of aromatic nitrogens is 1. The van der Waals surface area contributed by atoms with Gasteiger partial charge >= 0.3 is 5.97 Å². The summed E-state index contributed by atoms with van der Waals surface area (Å²) in [5, 5.41) is 11.7. The van der Waals surface area contributed by atoms with E-state index in [9.17, 15) is 9.18 Å². The number of anilines is 1. The number of carbonyl (C=O) groups is 1. The zero-order chi connectivity index (χ0) is 11.3. The molecule has 1 aromatic heterocycles. The highest BCUT2D eigenvalue weighted by molar-refractivity contribution is 5.93. The maximum atomic E-state index is 12.7. The van der Waals surface area contributed by atoms with Crippen molar-refractivity contribution in [2.45, 2.75) is 19.8 Å². The molecule has 5 heteroatoms. The molecule has 0 radical (unpaired) electrons. The summed E-state index contributed by atoms with van der Waals surface area (Å²) in [6.45, 7) is 2.66. The fourth-order valence-electron chi connectivity index (χ4n) is 1.13. The van der Waals surface area contributed by atoms with E-state index in [-0.39, 0.29) is 11.4 Å². The molecular weight excluding hydrogens is 199 g/mol. The fourth-order valence-corrected chi connectivity index (χ4v) is 1.13. The smallest absolute Gasteiger partial charge is 0.339 e. The van der Waals surface area contributed by atoms with Crippen molar-refractivity contribution in [3.63, 3.8) is 0 Å². The Morgan fingerprint density at radius 3 is 3.00 bits per heavy atom. The van der Waals surface area contributed by atoms with Gasteiger partial charge in [0, 0.05) is 6.54 Å². The normalized spacial score (nSPS) is 10.0. The van der Waals surface area contributed by atoms with Gasteiger partial charge in [-0.25, -0.2) is 14.2 Å². The van der Waals surface area contributed by atoms with Crippen LogP contribution in [0.2, 0.25) is 0 Å². The minimum Gasteiger partial charge on any atom is -0.478 e. The van der Waals surface area contributed by atoms with Gasteiger partial charge < -0.3 is 10.4 Å². The van der Waals surface area contributed by atoms with Crippen LogP contribution >= 0.6 is 0 Å². The van der Waals surface area contributed by atoms with E-state index < -0.39 is 11.8 Å². The lowest BCUT2D eigenvalue weighted by atomic mass is 10.2. The molecule has 0 bridgehead atoms. The maximum absolute atomic E-state index is 12.7. The summed E-state index contributed by atoms with van der Waals surface area (Å²) in [6, 6.07) is 0.962. The number of nitrogens with one attached hydrogen (secondary N) is 1. The van der Waals surface area contributed by atoms with Gasteiger partial charge in [-0.05, 0) is 12.5 Å². The number of nitrogens with zero attached hydrogens (tertiary/aromatic N) is 1. The highest BCUT2D eigenvalue weighted by Gasteiger charge is 2.11. The van der Waals surface area contributed by atoms with Crippen LogP contribution in [-0.4, -0.2) is 22.6 Å². The second kappa shape index (κ2) is 5.29. The van der Waals surface area contributed by atoms with Crippen molar-refractivity contribution in [3.05, 3.63) is 23.6 Å². The SMILES string of the molecule is CCCCNc1ncc(F)cc1C(=O)O. The van der Waals surface area contributed by atoms with Gasteiger partial charge in [-0.1, -0.05) is 13.3 Å². The van der Waals surface area contributed by atoms with Crippen LogP contribution < -0.4 is 5.32 Å². The van der Waals surface area contributed by atoms with Crippen LogP contribution in [0.25, 0.3) is 0 Å². The molecule has 0 fully saturated rings. The average molecular weight is 212 g/mol. The molecule has 1 heterocycles. The number of pyridine rings is 1. The van der Waals surface area contributed by atoms with Crippen molar-refractivity contribution < 1.29 is 14.3 Å². The summed E-state index contributed by atoms with van der Waals surface area (Å²) in [7, 11) is 0. The number of hydrogen-bond donors (Lipinski definition) is 2. The molecule has 0 spiro atoms. The fraction of sp³-hybridized carbons (Fsp3) is 0.400. The molecule has 2 N–H and O–H groups in total. The number of unbranched alkanes of at least 4 members (excludes halogenated alkanes) is 1. The standard InChI is InChI=1S/C10H13FN2O2/c1-2-3-4-12-9-8(10(14)15)5-7(11)6-13-9/h5-6H,2-4H2,1H3,(H,12,13)(H,14,15). The van der Waals surface area contributed by atoms with Gasteiger partial charge in [0.2, 0.25) is 0 Å². The molecule has 4 nitrogen and oxygen atoms in total. The lowest BCUT2D eigenvalue weighted by Crippen LogP contribution is -2.09. The zero-order valence-corrected chi connectivity index (χ0v) is 8.46. The molecule has 0 aliphatic rings. The quantitative estimate of drug-likeness (QED) is 0.734. The van der Waals surface area contributed by atoms with Crippen molar-refractivity contribution in [3.8, 4) is 0 Å². The molecule has 0 unspecified atom stereocenters. The predicted molar refractivity (Wildman–Crippen MR) is 54.6 cm³/mol. The third kappa shape index (κ3) is 3.19. The predicted octanol–water partition coefficient (Wildman–Crippen LogP) is 2.13. The van der Waals surface area contributed by atoms with Crippen molar-refractivity contribution in [1.29, 1.82) is 0 Å². The van der Waals surface area contributed by atoms with Crippen molar-refractivity contribution >= 4 is 11.8 Å². The number of halogens is 1. The molecule has 0 aliphatic carbocycles. The second-order valence-corrected chi connectivity index (χ2v) is 3.14. The highest BCUT2D eigenvalue weighted by atomic mass is 19.1. The van der Waals surface area contributed by atoms with E-state index in [0.717, 1.165) is 25.1 Å². The zero-order valence-electron chi connectivity index (χ0n) is 8.46. The Labute approximate surface area is 87.1 Å². The van der Waals surface area contributed by atoms with E-state index >= 15 is 0 Å². The van der Waals surface area contributed by atoms with Gasteiger partial charge in [0.15, 0.2) is 0 Å². The number of rotatable bonds is 5. The monoisotopic (exact) mass is 212 g/mol. The van der Waals surface area contributed by atoms with Crippen LogP contribution in [0.15, 0.2) is 12.3 Å². The number of hydrogen-bond acceptors (Lipinski definition) is 3. The first-order chi connectivity index (χ1) is 7.15. The summed E-state index contributed by atoms with van der Waals surface area (Å²) in [6.07, 6.45) is 2.91. The van der Waals surface area contributed by atoms with Gasteiger partial charge in [-0.3, -0.25) is 0 Å². The first kappa shape index (κ1) is 11.4. The topological polar surface area (TPSA) is 62.2 Å². The van der Waals surface area contributed by atoms with Gasteiger partial charge in [-0.15, -0.1) is 0 Å². The Balaban J connectivity index is 2.81. The summed E-state index contributed by atoms with van der Waals surface area (Å²) in [5.74, 6) is -1.60. The van der Waals surface area contributed by atoms with Crippen LogP contribution in [0, 0.1) is 5.82 Å². The summed E-state index contributed by atoms with van der Waals surface area (Å²) < 4.78 is 12.7. The molecule has 1 aromatic rings. The third-order valence-corrected chi connectivity index (χ3v) is 1.91. The molecule has 0 saturated heterocycles. The van der Waals surface area contributed by atoms with Crippen LogP contribution in [0.3, 0.4) is 0 Å². The Bertz CT molecular complexity index is 355. The molecule has 82 valence electrons. The summed E-state index contributed by atoms with van der Waals surface area (Å²) in [4.78, 5) is 14.5. The highest BCUT2D eigenvalue weighted by Crippen LogP contribution is 2.13. The largest absolute Gasteiger partial charge is 0.478 e. The molecule has 0 aromatic carbocycles. The molecule has 1 rings (SSSR count). The lowest BCUT2D eigenvalue weighted by molar-refractivity contribution is 0.0697. The molecule has 0 atom stereocenters. The minimum absolute atomic E-state index is 0.133. The molecule has 0 amide bonds. The van der Waals surface area contributed by atoms with E-state index in [1.807, 2.05) is 6.92 Å². The second-order valence-electron chi connectivity index (χ2n) is 3.14. The number of aromatic carboxylic acids is 1. The maximum Gasteiger partial charge on any atom is 0.339 e. The van der Waals surface area contributed by atoms with Gasteiger partial charge in [0.05, 0.1) is 6.20 Å². The van der Waals surface area contributed by atoms with Crippen LogP contribution in [-0.2, 0) is 0 Å². The van der Waals surface area contributed by atoms with Crippen LogP contribution in [0.1, 0.15) is 30.1 Å². The van der Waals surface area contributed by atoms with E-state index in [0.29, 0.717) is 6.54 Å². The minimum atomic E-state index is -1.18. The van der Waals surface area contributed by atoms with E-state index in [1.54, 1.807) is 0 Å². The van der Waals surface area contributed by atoms with E-state index in [4.69, 9.17) is 5.11 Å². The molecular formula is C10H13FN2O2. The van der Waals surface area contributed by atoms with Crippen LogP contribution in [0.4, 0.5) is 10.2 Å². The van der Waals surface area contributed by atoms with Crippen molar-refractivity contribution in [1.82, 2.24) is 4.98 Å². The first-order valence-electron chi connectivity index (χ1n) is 4.78. The lowest BCUT2D eigenvalue weighted by Gasteiger charge is -2.07. The Morgan fingerprint density at radius 2 is 2.40 bits per heavy atom. The average Bonchev–Trinajstić information content (AvgIpc) is 2.20. The van der Waals surface area contributed by atoms with Gasteiger partial charge in [-0.2, -0.15) is 0 Å². The Kier molecular flexibility index (Phi) is 4.03. The Morgan fingerprint density at radius 1 is 1.67 bits per heavy atom. The number of carboxylic acid groups (broad SMARTS) is 1. The molecule has 0 aliphatic heterocycles. The van der Waals surface area contributed by atoms with Crippen molar-refractivity contribution in [2.24, 2.45) is 0 Å². The van der Waals surface area contributed by atoms with Gasteiger partial charge in [0.25, 0.3) is 0 Å². The Hall–Kier alpha value is -1.65. The first-order valence-corrected chi connectivity index (χ1v) is 4.78. The van der Waals surface area contributed by atoms with Crippen LogP contribution in [0.5, 0.6) is 0 Å². The van der Waals surface area contributed by atoms with Crippen molar-refractivity contribution in [2.75, 3.05) is 11.9 Å². The number of carboxylic acids is 1. The molecule has 15 heavy (non-hydrogen) atoms. The van der Waals surface area contributed by atoms with E-state index in [2.05, 4.69) is 10.3 Å². The molecule has 0 saturated carbocycles.